The van der Waals surface area contributed by atoms with E-state index in [0.717, 1.165) is 6.29 Å². The first-order chi connectivity index (χ1) is 6.57. The van der Waals surface area contributed by atoms with E-state index in [1.807, 2.05) is 13.8 Å². The summed E-state index contributed by atoms with van der Waals surface area (Å²) < 4.78 is 16.5. The lowest BCUT2D eigenvalue weighted by molar-refractivity contribution is -0.205. The van der Waals surface area contributed by atoms with Gasteiger partial charge in [0.25, 0.3) is 0 Å². The zero-order valence-electron chi connectivity index (χ0n) is 8.52. The van der Waals surface area contributed by atoms with Crippen molar-refractivity contribution in [1.82, 2.24) is 5.32 Å². The fraction of sp³-hybridized carbons (Fsp3) is 0.889. The number of hydrogen-bond donors (Lipinski definition) is 1. The molecule has 2 aliphatic rings. The Kier molecular flexibility index (Phi) is 2.35. The molecule has 0 saturated carbocycles. The zero-order valence-corrected chi connectivity index (χ0v) is 8.52. The highest BCUT2D eigenvalue weighted by Gasteiger charge is 2.54. The van der Waals surface area contributed by atoms with Gasteiger partial charge in [-0.15, -0.1) is 0 Å². The molecule has 5 nitrogen and oxygen atoms in total. The van der Waals surface area contributed by atoms with Gasteiger partial charge in [-0.2, -0.15) is 0 Å². The number of likely N-dealkylation sites (N-methyl/N-ethyl adjacent to an activating group) is 1. The molecular formula is C9H15NO4. The van der Waals surface area contributed by atoms with Crippen molar-refractivity contribution in [3.63, 3.8) is 0 Å². The maximum atomic E-state index is 10.7. The lowest BCUT2D eigenvalue weighted by atomic mass is 10.1. The Morgan fingerprint density at radius 1 is 1.36 bits per heavy atom. The summed E-state index contributed by atoms with van der Waals surface area (Å²) in [6, 6.07) is -0.126. The van der Waals surface area contributed by atoms with E-state index < -0.39 is 18.2 Å². The molecule has 0 aromatic rings. The van der Waals surface area contributed by atoms with E-state index in [-0.39, 0.29) is 12.1 Å². The number of carbonyl (C=O) groups is 1. The highest BCUT2D eigenvalue weighted by atomic mass is 16.8. The maximum Gasteiger partial charge on any atom is 0.189 e. The predicted octanol–water partition coefficient (Wildman–Crippen LogP) is -0.350. The van der Waals surface area contributed by atoms with Crippen LogP contribution in [0.25, 0.3) is 0 Å². The summed E-state index contributed by atoms with van der Waals surface area (Å²) >= 11 is 0. The number of aldehydes is 1. The van der Waals surface area contributed by atoms with E-state index in [4.69, 9.17) is 14.2 Å². The molecule has 0 unspecified atom stereocenters. The van der Waals surface area contributed by atoms with Gasteiger partial charge < -0.3 is 24.3 Å². The zero-order chi connectivity index (χ0) is 10.3. The Bertz CT molecular complexity index is 243. The first kappa shape index (κ1) is 10.0. The van der Waals surface area contributed by atoms with Gasteiger partial charge >= 0.3 is 0 Å². The van der Waals surface area contributed by atoms with Crippen molar-refractivity contribution in [3.8, 4) is 0 Å². The summed E-state index contributed by atoms with van der Waals surface area (Å²) in [5.41, 5.74) is 0. The fourth-order valence-electron chi connectivity index (χ4n) is 1.98. The smallest absolute Gasteiger partial charge is 0.189 e. The first-order valence-electron chi connectivity index (χ1n) is 4.71. The quantitative estimate of drug-likeness (QED) is 0.619. The summed E-state index contributed by atoms with van der Waals surface area (Å²) in [4.78, 5) is 10.7. The summed E-state index contributed by atoms with van der Waals surface area (Å²) in [5.74, 6) is -0.627. The van der Waals surface area contributed by atoms with Crippen LogP contribution in [0.4, 0.5) is 0 Å². The predicted molar refractivity (Wildman–Crippen MR) is 47.6 cm³/mol. The largest absolute Gasteiger partial charge is 0.340 e. The van der Waals surface area contributed by atoms with Crippen molar-refractivity contribution in [2.45, 2.75) is 44.2 Å². The number of hydrogen-bond acceptors (Lipinski definition) is 5. The van der Waals surface area contributed by atoms with Gasteiger partial charge in [0.2, 0.25) is 0 Å². The van der Waals surface area contributed by atoms with Crippen LogP contribution < -0.4 is 5.32 Å². The molecule has 0 aromatic carbocycles. The van der Waals surface area contributed by atoms with Gasteiger partial charge in [-0.1, -0.05) is 0 Å². The van der Waals surface area contributed by atoms with E-state index in [0.29, 0.717) is 0 Å². The molecule has 2 fully saturated rings. The third-order valence-electron chi connectivity index (χ3n) is 2.55. The minimum atomic E-state index is -0.627. The van der Waals surface area contributed by atoms with E-state index >= 15 is 0 Å². The molecular weight excluding hydrogens is 186 g/mol. The number of rotatable bonds is 2. The summed E-state index contributed by atoms with van der Waals surface area (Å²) in [5, 5.41) is 3.01. The second-order valence-corrected chi connectivity index (χ2v) is 4.02. The molecule has 0 amide bonds. The molecule has 5 heteroatoms. The second kappa shape index (κ2) is 3.27. The molecule has 2 saturated heterocycles. The Balaban J connectivity index is 2.13. The van der Waals surface area contributed by atoms with Crippen molar-refractivity contribution in [1.29, 1.82) is 0 Å². The molecule has 0 bridgehead atoms. The van der Waals surface area contributed by atoms with Crippen LogP contribution in [0.2, 0.25) is 0 Å². The Morgan fingerprint density at radius 3 is 2.64 bits per heavy atom. The normalized spacial score (nSPS) is 45.1. The molecule has 0 aliphatic carbocycles. The highest BCUT2D eigenvalue weighted by Crippen LogP contribution is 2.36. The van der Waals surface area contributed by atoms with E-state index in [1.165, 1.54) is 0 Å². The van der Waals surface area contributed by atoms with E-state index in [2.05, 4.69) is 5.32 Å². The van der Waals surface area contributed by atoms with Gasteiger partial charge in [0.05, 0.1) is 6.04 Å². The number of carbonyl (C=O) groups excluding carboxylic acids is 1. The molecule has 14 heavy (non-hydrogen) atoms. The topological polar surface area (TPSA) is 56.8 Å². The fourth-order valence-corrected chi connectivity index (χ4v) is 1.98. The Morgan fingerprint density at radius 2 is 2.07 bits per heavy atom. The first-order valence-corrected chi connectivity index (χ1v) is 4.71. The van der Waals surface area contributed by atoms with Gasteiger partial charge in [0.15, 0.2) is 18.4 Å². The van der Waals surface area contributed by atoms with Gasteiger partial charge in [-0.05, 0) is 20.9 Å². The molecule has 0 spiro atoms. The minimum absolute atomic E-state index is 0.126. The van der Waals surface area contributed by atoms with Crippen LogP contribution in [0.5, 0.6) is 0 Å². The maximum absolute atomic E-state index is 10.7. The van der Waals surface area contributed by atoms with Gasteiger partial charge in [0.1, 0.15) is 12.2 Å². The molecule has 1 N–H and O–H groups in total. The monoisotopic (exact) mass is 201 g/mol. The van der Waals surface area contributed by atoms with Crippen molar-refractivity contribution in [3.05, 3.63) is 0 Å². The lowest BCUT2D eigenvalue weighted by Gasteiger charge is -2.22. The SMILES string of the molecule is CN[C@@H]1[C@H]2OC(C)(C)O[C@H]2O[C@H]1C=O. The standard InChI is InChI=1S/C9H15NO4/c1-9(2)13-7-6(10-3)5(4-11)12-8(7)14-9/h4-8,10H,1-3H3/t5-,6-,7+,8+/m0/s1. The average molecular weight is 201 g/mol. The number of fused-ring (bicyclic) bond motifs is 1. The van der Waals surface area contributed by atoms with Crippen molar-refractivity contribution in [2.75, 3.05) is 7.05 Å². The summed E-state index contributed by atoms with van der Waals surface area (Å²) in [6.45, 7) is 3.66. The third-order valence-corrected chi connectivity index (χ3v) is 2.55. The van der Waals surface area contributed by atoms with E-state index in [1.54, 1.807) is 7.05 Å². The number of ether oxygens (including phenoxy) is 3. The average Bonchev–Trinajstić information content (AvgIpc) is 2.55. The van der Waals surface area contributed by atoms with Crippen LogP contribution >= 0.6 is 0 Å². The molecule has 4 atom stereocenters. The van der Waals surface area contributed by atoms with E-state index in [9.17, 15) is 4.79 Å². The van der Waals surface area contributed by atoms with Crippen LogP contribution in [-0.2, 0) is 19.0 Å². The summed E-state index contributed by atoms with van der Waals surface area (Å²) in [7, 11) is 1.78. The van der Waals surface area contributed by atoms with Crippen LogP contribution in [-0.4, -0.2) is 43.7 Å². The van der Waals surface area contributed by atoms with Crippen molar-refractivity contribution >= 4 is 6.29 Å². The minimum Gasteiger partial charge on any atom is -0.340 e. The van der Waals surface area contributed by atoms with Crippen LogP contribution in [0.15, 0.2) is 0 Å². The van der Waals surface area contributed by atoms with Gasteiger partial charge in [-0.25, -0.2) is 0 Å². The van der Waals surface area contributed by atoms with Gasteiger partial charge in [0, 0.05) is 0 Å². The van der Waals surface area contributed by atoms with Crippen LogP contribution in [0.1, 0.15) is 13.8 Å². The molecule has 0 aromatic heterocycles. The molecule has 0 radical (unpaired) electrons. The van der Waals surface area contributed by atoms with Crippen molar-refractivity contribution < 1.29 is 19.0 Å². The Hall–Kier alpha value is -0.490. The summed E-state index contributed by atoms with van der Waals surface area (Å²) in [6.07, 6.45) is -0.340. The van der Waals surface area contributed by atoms with Crippen LogP contribution in [0.3, 0.4) is 0 Å². The van der Waals surface area contributed by atoms with Crippen molar-refractivity contribution in [2.24, 2.45) is 0 Å². The second-order valence-electron chi connectivity index (χ2n) is 4.02. The molecule has 2 rings (SSSR count). The third kappa shape index (κ3) is 1.46. The Labute approximate surface area is 82.7 Å². The van der Waals surface area contributed by atoms with Gasteiger partial charge in [-0.3, -0.25) is 0 Å². The number of nitrogens with one attached hydrogen (secondary N) is 1. The molecule has 2 heterocycles. The lowest BCUT2D eigenvalue weighted by Crippen LogP contribution is -2.44. The molecule has 80 valence electrons. The molecule has 2 aliphatic heterocycles. The van der Waals surface area contributed by atoms with Crippen LogP contribution in [0, 0.1) is 0 Å². The highest BCUT2D eigenvalue weighted by molar-refractivity contribution is 5.58.